The van der Waals surface area contributed by atoms with Crippen LogP contribution >= 0.6 is 0 Å². The second kappa shape index (κ2) is 4.44. The molecule has 0 unspecified atom stereocenters. The first-order valence-electron chi connectivity index (χ1n) is 4.69. The molecule has 86 valence electrons. The number of aromatic nitrogens is 3. The molecule has 0 bridgehead atoms. The quantitative estimate of drug-likeness (QED) is 0.715. The maximum Gasteiger partial charge on any atom is 0.362 e. The lowest BCUT2D eigenvalue weighted by molar-refractivity contribution is 0.0687. The summed E-state index contributed by atoms with van der Waals surface area (Å²) < 4.78 is 0. The largest absolute Gasteiger partial charge is 0.476 e. The number of H-pyrrole nitrogens is 1. The molecule has 7 nitrogen and oxygen atoms in total. The molecule has 0 radical (unpaired) electrons. The Hall–Kier alpha value is -2.70. The third kappa shape index (κ3) is 2.46. The van der Waals surface area contributed by atoms with Crippen molar-refractivity contribution in [2.24, 2.45) is 0 Å². The third-order valence-electron chi connectivity index (χ3n) is 1.94. The Bertz CT molecular complexity index is 594. The van der Waals surface area contributed by atoms with E-state index in [1.54, 1.807) is 24.3 Å². The number of rotatable bonds is 3. The maximum atomic E-state index is 11.3. The Morgan fingerprint density at radius 3 is 2.53 bits per heavy atom. The maximum absolute atomic E-state index is 11.3. The summed E-state index contributed by atoms with van der Waals surface area (Å²) in [5.41, 5.74) is -0.727. The minimum absolute atomic E-state index is 0.0891. The molecular weight excluding hydrogens is 224 g/mol. The number of anilines is 2. The van der Waals surface area contributed by atoms with Crippen molar-refractivity contribution < 1.29 is 9.90 Å². The number of para-hydroxylation sites is 1. The highest BCUT2D eigenvalue weighted by Gasteiger charge is 2.11. The number of aromatic carboxylic acids is 1. The molecule has 0 saturated heterocycles. The summed E-state index contributed by atoms with van der Waals surface area (Å²) >= 11 is 0. The number of carboxylic acids is 1. The number of hydrogen-bond acceptors (Lipinski definition) is 5. The zero-order valence-electron chi connectivity index (χ0n) is 8.54. The van der Waals surface area contributed by atoms with Crippen LogP contribution in [-0.4, -0.2) is 26.3 Å². The van der Waals surface area contributed by atoms with Gasteiger partial charge in [0.25, 0.3) is 5.56 Å². The standard InChI is InChI=1S/C10H8N4O3/c15-8-7(9(16)17)13-14-10(12-8)11-6-4-2-1-3-5-6/h1-5H,(H,16,17)(H2,11,12,14,15). The van der Waals surface area contributed by atoms with E-state index in [1.807, 2.05) is 6.07 Å². The van der Waals surface area contributed by atoms with Crippen LogP contribution in [0.5, 0.6) is 0 Å². The highest BCUT2D eigenvalue weighted by atomic mass is 16.4. The summed E-state index contributed by atoms with van der Waals surface area (Å²) in [6, 6.07) is 8.99. The van der Waals surface area contributed by atoms with E-state index in [0.717, 1.165) is 0 Å². The van der Waals surface area contributed by atoms with E-state index in [1.165, 1.54) is 0 Å². The van der Waals surface area contributed by atoms with Crippen LogP contribution in [0.15, 0.2) is 35.1 Å². The minimum atomic E-state index is -1.41. The van der Waals surface area contributed by atoms with Gasteiger partial charge in [0.05, 0.1) is 0 Å². The van der Waals surface area contributed by atoms with Gasteiger partial charge in [-0.25, -0.2) is 4.79 Å². The Morgan fingerprint density at radius 1 is 1.24 bits per heavy atom. The van der Waals surface area contributed by atoms with Crippen molar-refractivity contribution in [1.82, 2.24) is 15.2 Å². The first kappa shape index (κ1) is 10.8. The average Bonchev–Trinajstić information content (AvgIpc) is 2.30. The van der Waals surface area contributed by atoms with Gasteiger partial charge in [0.15, 0.2) is 0 Å². The predicted octanol–water partition coefficient (Wildman–Crippen LogP) is 0.607. The molecule has 0 amide bonds. The van der Waals surface area contributed by atoms with E-state index >= 15 is 0 Å². The van der Waals surface area contributed by atoms with E-state index < -0.39 is 17.2 Å². The molecule has 7 heteroatoms. The fourth-order valence-electron chi connectivity index (χ4n) is 1.19. The van der Waals surface area contributed by atoms with E-state index in [4.69, 9.17) is 5.11 Å². The van der Waals surface area contributed by atoms with Crippen LogP contribution < -0.4 is 10.9 Å². The van der Waals surface area contributed by atoms with Gasteiger partial charge in [-0.2, -0.15) is 0 Å². The molecule has 0 atom stereocenters. The highest BCUT2D eigenvalue weighted by Crippen LogP contribution is 2.09. The first-order chi connectivity index (χ1) is 8.16. The van der Waals surface area contributed by atoms with Crippen LogP contribution in [0.1, 0.15) is 10.5 Å². The van der Waals surface area contributed by atoms with Crippen molar-refractivity contribution in [2.45, 2.75) is 0 Å². The zero-order chi connectivity index (χ0) is 12.3. The lowest BCUT2D eigenvalue weighted by Crippen LogP contribution is -2.22. The number of aromatic amines is 1. The molecular formula is C10H8N4O3. The molecule has 0 aliphatic heterocycles. The van der Waals surface area contributed by atoms with Gasteiger partial charge in [-0.05, 0) is 12.1 Å². The van der Waals surface area contributed by atoms with Gasteiger partial charge < -0.3 is 10.4 Å². The molecule has 0 aliphatic rings. The lowest BCUT2D eigenvalue weighted by Gasteiger charge is -2.03. The smallest absolute Gasteiger partial charge is 0.362 e. The molecule has 2 rings (SSSR count). The van der Waals surface area contributed by atoms with Crippen molar-refractivity contribution in [3.63, 3.8) is 0 Å². The van der Waals surface area contributed by atoms with Gasteiger partial charge in [0.1, 0.15) is 0 Å². The average molecular weight is 232 g/mol. The number of carboxylic acid groups (broad SMARTS) is 1. The molecule has 3 N–H and O–H groups in total. The van der Waals surface area contributed by atoms with Gasteiger partial charge in [0.2, 0.25) is 11.6 Å². The summed E-state index contributed by atoms with van der Waals surface area (Å²) in [5.74, 6) is -1.32. The van der Waals surface area contributed by atoms with Crippen molar-refractivity contribution in [2.75, 3.05) is 5.32 Å². The van der Waals surface area contributed by atoms with Gasteiger partial charge in [-0.3, -0.25) is 9.78 Å². The second-order valence-electron chi connectivity index (χ2n) is 3.15. The molecule has 1 aromatic heterocycles. The van der Waals surface area contributed by atoms with Crippen molar-refractivity contribution in [3.8, 4) is 0 Å². The third-order valence-corrected chi connectivity index (χ3v) is 1.94. The van der Waals surface area contributed by atoms with Crippen LogP contribution in [0.25, 0.3) is 0 Å². The zero-order valence-corrected chi connectivity index (χ0v) is 8.54. The van der Waals surface area contributed by atoms with E-state index in [2.05, 4.69) is 20.5 Å². The Morgan fingerprint density at radius 2 is 1.94 bits per heavy atom. The molecule has 0 saturated carbocycles. The molecule has 0 spiro atoms. The predicted molar refractivity (Wildman–Crippen MR) is 59.3 cm³/mol. The SMILES string of the molecule is O=C(O)c1nnc(Nc2ccccc2)[nH]c1=O. The monoisotopic (exact) mass is 232 g/mol. The van der Waals surface area contributed by atoms with Gasteiger partial charge in [0, 0.05) is 5.69 Å². The van der Waals surface area contributed by atoms with Crippen LogP contribution in [-0.2, 0) is 0 Å². The van der Waals surface area contributed by atoms with Gasteiger partial charge in [-0.15, -0.1) is 10.2 Å². The fourth-order valence-corrected chi connectivity index (χ4v) is 1.19. The molecule has 0 aliphatic carbocycles. The Kier molecular flexibility index (Phi) is 2.82. The van der Waals surface area contributed by atoms with Gasteiger partial charge >= 0.3 is 5.97 Å². The van der Waals surface area contributed by atoms with Crippen molar-refractivity contribution in [1.29, 1.82) is 0 Å². The number of carbonyl (C=O) groups is 1. The van der Waals surface area contributed by atoms with E-state index in [-0.39, 0.29) is 5.95 Å². The van der Waals surface area contributed by atoms with E-state index in [9.17, 15) is 9.59 Å². The summed E-state index contributed by atoms with van der Waals surface area (Å²) in [5, 5.41) is 18.3. The molecule has 1 heterocycles. The summed E-state index contributed by atoms with van der Waals surface area (Å²) in [6.45, 7) is 0. The van der Waals surface area contributed by atoms with Crippen LogP contribution in [0.2, 0.25) is 0 Å². The molecule has 17 heavy (non-hydrogen) atoms. The van der Waals surface area contributed by atoms with Crippen LogP contribution in [0.4, 0.5) is 11.6 Å². The molecule has 1 aromatic carbocycles. The number of nitrogens with one attached hydrogen (secondary N) is 2. The summed E-state index contributed by atoms with van der Waals surface area (Å²) in [6.07, 6.45) is 0. The van der Waals surface area contributed by atoms with Gasteiger partial charge in [-0.1, -0.05) is 18.2 Å². The fraction of sp³-hybridized carbons (Fsp3) is 0. The summed E-state index contributed by atoms with van der Waals surface area (Å²) in [4.78, 5) is 24.1. The number of nitrogens with zero attached hydrogens (tertiary/aromatic N) is 2. The van der Waals surface area contributed by atoms with Crippen molar-refractivity contribution in [3.05, 3.63) is 46.4 Å². The van der Waals surface area contributed by atoms with Crippen molar-refractivity contribution >= 4 is 17.6 Å². The second-order valence-corrected chi connectivity index (χ2v) is 3.15. The van der Waals surface area contributed by atoms with Crippen LogP contribution in [0.3, 0.4) is 0 Å². The normalized spacial score (nSPS) is 9.88. The summed E-state index contributed by atoms with van der Waals surface area (Å²) in [7, 11) is 0. The Labute approximate surface area is 95.1 Å². The molecule has 0 fully saturated rings. The Balaban J connectivity index is 2.27. The molecule has 2 aromatic rings. The van der Waals surface area contributed by atoms with E-state index in [0.29, 0.717) is 5.69 Å². The topological polar surface area (TPSA) is 108 Å². The minimum Gasteiger partial charge on any atom is -0.476 e. The number of benzene rings is 1. The first-order valence-corrected chi connectivity index (χ1v) is 4.69. The highest BCUT2D eigenvalue weighted by molar-refractivity contribution is 5.84. The van der Waals surface area contributed by atoms with Crippen LogP contribution in [0, 0.1) is 0 Å². The lowest BCUT2D eigenvalue weighted by atomic mass is 10.3. The number of hydrogen-bond donors (Lipinski definition) is 3.